The van der Waals surface area contributed by atoms with Gasteiger partial charge in [0, 0.05) is 18.1 Å². The first-order chi connectivity index (χ1) is 10.3. The standard InChI is InChI=1S/C15H17N5OS/c1-15(2,3)10-8-16-12(22-10)6-5-11-18-13-9(14(21)19-11)7-17-20(13)4/h5-8H,1-4H3,(H,18,19,21). The van der Waals surface area contributed by atoms with Crippen LogP contribution in [0.15, 0.2) is 17.2 Å². The molecule has 1 N–H and O–H groups in total. The summed E-state index contributed by atoms with van der Waals surface area (Å²) >= 11 is 1.64. The van der Waals surface area contributed by atoms with Crippen LogP contribution in [0.25, 0.3) is 23.2 Å². The minimum absolute atomic E-state index is 0.0872. The van der Waals surface area contributed by atoms with Gasteiger partial charge in [0.1, 0.15) is 16.2 Å². The second kappa shape index (κ2) is 5.17. The molecule has 3 rings (SSSR count). The van der Waals surface area contributed by atoms with Crippen molar-refractivity contribution in [3.63, 3.8) is 0 Å². The smallest absolute Gasteiger partial charge is 0.262 e. The molecule has 0 aromatic carbocycles. The predicted molar refractivity (Wildman–Crippen MR) is 88.9 cm³/mol. The topological polar surface area (TPSA) is 76.5 Å². The highest BCUT2D eigenvalue weighted by atomic mass is 32.1. The highest BCUT2D eigenvalue weighted by Gasteiger charge is 2.16. The van der Waals surface area contributed by atoms with Crippen molar-refractivity contribution >= 4 is 34.5 Å². The van der Waals surface area contributed by atoms with E-state index in [1.54, 1.807) is 29.1 Å². The molecule has 22 heavy (non-hydrogen) atoms. The highest BCUT2D eigenvalue weighted by molar-refractivity contribution is 7.12. The number of nitrogens with zero attached hydrogens (tertiary/aromatic N) is 4. The molecule has 0 aliphatic carbocycles. The summed E-state index contributed by atoms with van der Waals surface area (Å²) in [4.78, 5) is 24.7. The molecule has 6 nitrogen and oxygen atoms in total. The zero-order valence-electron chi connectivity index (χ0n) is 12.9. The largest absolute Gasteiger partial charge is 0.306 e. The molecule has 0 amide bonds. The molecular formula is C15H17N5OS. The van der Waals surface area contributed by atoms with Crippen molar-refractivity contribution in [3.05, 3.63) is 38.5 Å². The van der Waals surface area contributed by atoms with Crippen molar-refractivity contribution in [2.45, 2.75) is 26.2 Å². The van der Waals surface area contributed by atoms with Gasteiger partial charge in [-0.1, -0.05) is 20.8 Å². The minimum atomic E-state index is -0.188. The van der Waals surface area contributed by atoms with E-state index >= 15 is 0 Å². The molecule has 0 atom stereocenters. The van der Waals surface area contributed by atoms with E-state index in [1.807, 2.05) is 12.3 Å². The zero-order chi connectivity index (χ0) is 15.9. The van der Waals surface area contributed by atoms with Gasteiger partial charge in [-0.15, -0.1) is 11.3 Å². The number of H-pyrrole nitrogens is 1. The third kappa shape index (κ3) is 2.71. The Morgan fingerprint density at radius 2 is 2.05 bits per heavy atom. The van der Waals surface area contributed by atoms with Crippen LogP contribution in [-0.4, -0.2) is 24.7 Å². The van der Waals surface area contributed by atoms with Gasteiger partial charge < -0.3 is 4.98 Å². The van der Waals surface area contributed by atoms with E-state index in [9.17, 15) is 4.79 Å². The summed E-state index contributed by atoms with van der Waals surface area (Å²) in [5, 5.41) is 5.42. The monoisotopic (exact) mass is 315 g/mol. The second-order valence-corrected chi connectivity index (χ2v) is 7.16. The van der Waals surface area contributed by atoms with Crippen LogP contribution in [0.3, 0.4) is 0 Å². The lowest BCUT2D eigenvalue weighted by Gasteiger charge is -2.14. The van der Waals surface area contributed by atoms with Crippen LogP contribution in [-0.2, 0) is 12.5 Å². The number of aryl methyl sites for hydroxylation is 1. The summed E-state index contributed by atoms with van der Waals surface area (Å²) in [5.41, 5.74) is 0.467. The van der Waals surface area contributed by atoms with Crippen molar-refractivity contribution in [3.8, 4) is 0 Å². The van der Waals surface area contributed by atoms with Crippen LogP contribution >= 0.6 is 11.3 Å². The van der Waals surface area contributed by atoms with Gasteiger partial charge >= 0.3 is 0 Å². The normalized spacial score (nSPS) is 12.5. The summed E-state index contributed by atoms with van der Waals surface area (Å²) < 4.78 is 1.59. The SMILES string of the molecule is Cn1ncc2c(=O)[nH]c(C=Cc3ncc(C(C)(C)C)s3)nc21. The average Bonchev–Trinajstić information content (AvgIpc) is 3.04. The zero-order valence-corrected chi connectivity index (χ0v) is 13.7. The molecular weight excluding hydrogens is 298 g/mol. The molecule has 114 valence electrons. The number of aromatic amines is 1. The highest BCUT2D eigenvalue weighted by Crippen LogP contribution is 2.28. The fraction of sp³-hybridized carbons (Fsp3) is 0.333. The van der Waals surface area contributed by atoms with E-state index in [2.05, 4.69) is 40.8 Å². The summed E-state index contributed by atoms with van der Waals surface area (Å²) in [5.74, 6) is 0.494. The van der Waals surface area contributed by atoms with E-state index in [0.717, 1.165) is 5.01 Å². The Labute approximate surface area is 131 Å². The maximum atomic E-state index is 12.0. The molecule has 0 saturated carbocycles. The van der Waals surface area contributed by atoms with Crippen molar-refractivity contribution in [1.82, 2.24) is 24.7 Å². The number of hydrogen-bond donors (Lipinski definition) is 1. The van der Waals surface area contributed by atoms with Crippen LogP contribution < -0.4 is 5.56 Å². The van der Waals surface area contributed by atoms with E-state index in [0.29, 0.717) is 16.9 Å². The fourth-order valence-electron chi connectivity index (χ4n) is 1.99. The molecule has 0 saturated heterocycles. The average molecular weight is 315 g/mol. The molecule has 0 unspecified atom stereocenters. The van der Waals surface area contributed by atoms with Crippen LogP contribution in [0.1, 0.15) is 36.5 Å². The summed E-state index contributed by atoms with van der Waals surface area (Å²) in [6.45, 7) is 6.47. The van der Waals surface area contributed by atoms with Gasteiger partial charge in [0.15, 0.2) is 5.65 Å². The number of thiazole rings is 1. The Balaban J connectivity index is 1.94. The molecule has 0 aliphatic heterocycles. The van der Waals surface area contributed by atoms with Crippen molar-refractivity contribution in [2.24, 2.45) is 7.05 Å². The number of rotatable bonds is 2. The third-order valence-corrected chi connectivity index (χ3v) is 4.65. The molecule has 0 bridgehead atoms. The second-order valence-electron chi connectivity index (χ2n) is 6.10. The molecule has 3 aromatic rings. The van der Waals surface area contributed by atoms with Gasteiger partial charge in [-0.05, 0) is 17.6 Å². The number of fused-ring (bicyclic) bond motifs is 1. The van der Waals surface area contributed by atoms with Gasteiger partial charge in [-0.3, -0.25) is 9.48 Å². The van der Waals surface area contributed by atoms with Gasteiger partial charge in [0.25, 0.3) is 5.56 Å². The van der Waals surface area contributed by atoms with E-state index < -0.39 is 0 Å². The van der Waals surface area contributed by atoms with Crippen LogP contribution in [0.5, 0.6) is 0 Å². The van der Waals surface area contributed by atoms with Crippen molar-refractivity contribution in [2.75, 3.05) is 0 Å². The number of hydrogen-bond acceptors (Lipinski definition) is 5. The Bertz CT molecular complexity index is 910. The summed E-state index contributed by atoms with van der Waals surface area (Å²) in [6.07, 6.45) is 7.04. The Hall–Kier alpha value is -2.28. The van der Waals surface area contributed by atoms with Gasteiger partial charge in [0.05, 0.1) is 6.20 Å². The molecule has 0 spiro atoms. The van der Waals surface area contributed by atoms with Crippen LogP contribution in [0.4, 0.5) is 0 Å². The molecule has 3 heterocycles. The van der Waals surface area contributed by atoms with Gasteiger partial charge in [0.2, 0.25) is 0 Å². The lowest BCUT2D eigenvalue weighted by atomic mass is 9.96. The Kier molecular flexibility index (Phi) is 3.44. The third-order valence-electron chi connectivity index (χ3n) is 3.27. The van der Waals surface area contributed by atoms with Gasteiger partial charge in [-0.25, -0.2) is 9.97 Å². The Morgan fingerprint density at radius 3 is 2.73 bits per heavy atom. The number of nitrogens with one attached hydrogen (secondary N) is 1. The van der Waals surface area contributed by atoms with Crippen molar-refractivity contribution < 1.29 is 0 Å². The summed E-state index contributed by atoms with van der Waals surface area (Å²) in [7, 11) is 1.76. The molecule has 0 radical (unpaired) electrons. The number of aromatic nitrogens is 5. The lowest BCUT2D eigenvalue weighted by Crippen LogP contribution is -2.09. The lowest BCUT2D eigenvalue weighted by molar-refractivity contribution is 0.602. The molecule has 7 heteroatoms. The maximum absolute atomic E-state index is 12.0. The van der Waals surface area contributed by atoms with E-state index in [-0.39, 0.29) is 11.0 Å². The summed E-state index contributed by atoms with van der Waals surface area (Å²) in [6, 6.07) is 0. The first-order valence-corrected chi connectivity index (χ1v) is 7.72. The quantitative estimate of drug-likeness (QED) is 0.788. The first-order valence-electron chi connectivity index (χ1n) is 6.91. The fourth-order valence-corrected chi connectivity index (χ4v) is 2.87. The van der Waals surface area contributed by atoms with Crippen LogP contribution in [0, 0.1) is 0 Å². The first kappa shape index (κ1) is 14.6. The van der Waals surface area contributed by atoms with Crippen LogP contribution in [0.2, 0.25) is 0 Å². The Morgan fingerprint density at radius 1 is 1.27 bits per heavy atom. The van der Waals surface area contributed by atoms with Crippen molar-refractivity contribution in [1.29, 1.82) is 0 Å². The molecule has 3 aromatic heterocycles. The van der Waals surface area contributed by atoms with E-state index in [1.165, 1.54) is 11.1 Å². The minimum Gasteiger partial charge on any atom is -0.306 e. The maximum Gasteiger partial charge on any atom is 0.262 e. The van der Waals surface area contributed by atoms with Gasteiger partial charge in [-0.2, -0.15) is 5.10 Å². The molecule has 0 fully saturated rings. The van der Waals surface area contributed by atoms with E-state index in [4.69, 9.17) is 0 Å². The predicted octanol–water partition coefficient (Wildman–Crippen LogP) is 2.58. The molecule has 0 aliphatic rings.